The van der Waals surface area contributed by atoms with Gasteiger partial charge in [0.1, 0.15) is 0 Å². The van der Waals surface area contributed by atoms with Crippen LogP contribution in [-0.2, 0) is 16.0 Å². The summed E-state index contributed by atoms with van der Waals surface area (Å²) in [5, 5.41) is 0. The molecule has 2 aromatic rings. The lowest BCUT2D eigenvalue weighted by atomic mass is 9.99. The zero-order chi connectivity index (χ0) is 15.9. The lowest BCUT2D eigenvalue weighted by molar-refractivity contribution is -0.0432. The van der Waals surface area contributed by atoms with Crippen molar-refractivity contribution < 1.29 is 9.47 Å². The number of methoxy groups -OCH3 is 1. The molecule has 1 aliphatic rings. The van der Waals surface area contributed by atoms with Crippen LogP contribution in [0.3, 0.4) is 0 Å². The minimum Gasteiger partial charge on any atom is -0.385 e. The van der Waals surface area contributed by atoms with Gasteiger partial charge < -0.3 is 9.47 Å². The van der Waals surface area contributed by atoms with Crippen LogP contribution < -0.4 is 0 Å². The summed E-state index contributed by atoms with van der Waals surface area (Å²) >= 11 is 0. The summed E-state index contributed by atoms with van der Waals surface area (Å²) in [5.74, 6) is 0. The second-order valence-electron chi connectivity index (χ2n) is 6.03. The van der Waals surface area contributed by atoms with Gasteiger partial charge in [-0.15, -0.1) is 0 Å². The first-order valence-electron chi connectivity index (χ1n) is 8.33. The van der Waals surface area contributed by atoms with Crippen molar-refractivity contribution in [3.63, 3.8) is 0 Å². The third kappa shape index (κ3) is 4.41. The molecule has 0 aromatic heterocycles. The van der Waals surface area contributed by atoms with E-state index in [4.69, 9.17) is 9.47 Å². The fourth-order valence-electron chi connectivity index (χ4n) is 3.15. The number of rotatable bonds is 6. The van der Waals surface area contributed by atoms with Crippen LogP contribution in [0.5, 0.6) is 0 Å². The smallest absolute Gasteiger partial charge is 0.0724 e. The predicted molar refractivity (Wildman–Crippen MR) is 93.4 cm³/mol. The van der Waals surface area contributed by atoms with Crippen molar-refractivity contribution in [1.29, 1.82) is 0 Å². The van der Waals surface area contributed by atoms with Crippen LogP contribution in [0.4, 0.5) is 0 Å². The number of morpholine rings is 1. The molecule has 122 valence electrons. The van der Waals surface area contributed by atoms with Crippen LogP contribution in [-0.4, -0.2) is 44.4 Å². The molecule has 0 N–H and O–H groups in total. The second kappa shape index (κ2) is 8.25. The zero-order valence-electron chi connectivity index (χ0n) is 13.8. The molecule has 0 saturated carbocycles. The lowest BCUT2D eigenvalue weighted by Crippen LogP contribution is -2.42. The van der Waals surface area contributed by atoms with E-state index in [9.17, 15) is 0 Å². The third-order valence-corrected chi connectivity index (χ3v) is 4.36. The van der Waals surface area contributed by atoms with Gasteiger partial charge in [0.2, 0.25) is 0 Å². The van der Waals surface area contributed by atoms with Crippen molar-refractivity contribution >= 4 is 0 Å². The standard InChI is InChI=1S/C20H25NO2/c1-22-13-11-19-16-21(12-14-23-19)15-18-9-5-6-10-20(18)17-7-3-2-4-8-17/h2-10,19H,11-16H2,1H3. The van der Waals surface area contributed by atoms with E-state index in [-0.39, 0.29) is 6.10 Å². The maximum atomic E-state index is 5.84. The average molecular weight is 311 g/mol. The summed E-state index contributed by atoms with van der Waals surface area (Å²) < 4.78 is 11.0. The Kier molecular flexibility index (Phi) is 5.81. The largest absolute Gasteiger partial charge is 0.385 e. The molecule has 0 radical (unpaired) electrons. The van der Waals surface area contributed by atoms with Crippen molar-refractivity contribution in [3.05, 3.63) is 60.2 Å². The van der Waals surface area contributed by atoms with Crippen LogP contribution in [0, 0.1) is 0 Å². The Labute approximate surface area is 138 Å². The van der Waals surface area contributed by atoms with Gasteiger partial charge in [-0.3, -0.25) is 4.90 Å². The van der Waals surface area contributed by atoms with Crippen LogP contribution in [0.15, 0.2) is 54.6 Å². The molecule has 3 heteroatoms. The molecule has 1 fully saturated rings. The summed E-state index contributed by atoms with van der Waals surface area (Å²) in [6, 6.07) is 19.3. The molecular formula is C20H25NO2. The van der Waals surface area contributed by atoms with Gasteiger partial charge in [0.25, 0.3) is 0 Å². The van der Waals surface area contributed by atoms with Gasteiger partial charge in [-0.1, -0.05) is 54.6 Å². The van der Waals surface area contributed by atoms with E-state index in [2.05, 4.69) is 59.5 Å². The topological polar surface area (TPSA) is 21.7 Å². The first-order chi connectivity index (χ1) is 11.4. The van der Waals surface area contributed by atoms with E-state index in [0.29, 0.717) is 0 Å². The minimum absolute atomic E-state index is 0.285. The SMILES string of the molecule is COCCC1CN(Cc2ccccc2-c2ccccc2)CCO1. The van der Waals surface area contributed by atoms with Crippen LogP contribution >= 0.6 is 0 Å². The maximum absolute atomic E-state index is 5.84. The molecular weight excluding hydrogens is 286 g/mol. The van der Waals surface area contributed by atoms with E-state index in [1.54, 1.807) is 7.11 Å². The molecule has 0 bridgehead atoms. The van der Waals surface area contributed by atoms with Gasteiger partial charge in [0.05, 0.1) is 12.7 Å². The quantitative estimate of drug-likeness (QED) is 0.814. The Balaban J connectivity index is 1.71. The van der Waals surface area contributed by atoms with E-state index in [1.807, 2.05) is 0 Å². The van der Waals surface area contributed by atoms with Crippen LogP contribution in [0.2, 0.25) is 0 Å². The molecule has 3 nitrogen and oxygen atoms in total. The number of hydrogen-bond donors (Lipinski definition) is 0. The highest BCUT2D eigenvalue weighted by atomic mass is 16.5. The first-order valence-corrected chi connectivity index (χ1v) is 8.33. The lowest BCUT2D eigenvalue weighted by Gasteiger charge is -2.33. The molecule has 1 unspecified atom stereocenters. The number of hydrogen-bond acceptors (Lipinski definition) is 3. The highest BCUT2D eigenvalue weighted by molar-refractivity contribution is 5.67. The second-order valence-corrected chi connectivity index (χ2v) is 6.03. The molecule has 1 atom stereocenters. The molecule has 1 saturated heterocycles. The van der Waals surface area contributed by atoms with E-state index < -0.39 is 0 Å². The average Bonchev–Trinajstić information content (AvgIpc) is 2.61. The van der Waals surface area contributed by atoms with Crippen LogP contribution in [0.1, 0.15) is 12.0 Å². The fraction of sp³-hybridized carbons (Fsp3) is 0.400. The maximum Gasteiger partial charge on any atom is 0.0724 e. The highest BCUT2D eigenvalue weighted by Gasteiger charge is 2.21. The summed E-state index contributed by atoms with van der Waals surface area (Å²) in [6.45, 7) is 4.51. The Hall–Kier alpha value is -1.68. The monoisotopic (exact) mass is 311 g/mol. The number of nitrogens with zero attached hydrogens (tertiary/aromatic N) is 1. The van der Waals surface area contributed by atoms with Gasteiger partial charge in [-0.25, -0.2) is 0 Å². The van der Waals surface area contributed by atoms with E-state index in [0.717, 1.165) is 39.3 Å². The van der Waals surface area contributed by atoms with E-state index in [1.165, 1.54) is 16.7 Å². The number of ether oxygens (including phenoxy) is 2. The molecule has 2 aromatic carbocycles. The van der Waals surface area contributed by atoms with Gasteiger partial charge in [0.15, 0.2) is 0 Å². The van der Waals surface area contributed by atoms with Gasteiger partial charge in [-0.05, 0) is 23.1 Å². The number of benzene rings is 2. The minimum atomic E-state index is 0.285. The van der Waals surface area contributed by atoms with Crippen molar-refractivity contribution in [2.24, 2.45) is 0 Å². The molecule has 0 aliphatic carbocycles. The predicted octanol–water partition coefficient (Wildman–Crippen LogP) is 3.59. The third-order valence-electron chi connectivity index (χ3n) is 4.36. The first kappa shape index (κ1) is 16.2. The van der Waals surface area contributed by atoms with E-state index >= 15 is 0 Å². The van der Waals surface area contributed by atoms with Crippen molar-refractivity contribution in [1.82, 2.24) is 4.90 Å². The summed E-state index contributed by atoms with van der Waals surface area (Å²) in [7, 11) is 1.75. The molecule has 3 rings (SSSR count). The zero-order valence-corrected chi connectivity index (χ0v) is 13.8. The van der Waals surface area contributed by atoms with Crippen molar-refractivity contribution in [2.45, 2.75) is 19.1 Å². The van der Waals surface area contributed by atoms with Crippen molar-refractivity contribution in [2.75, 3.05) is 33.4 Å². The molecule has 1 aliphatic heterocycles. The Morgan fingerprint density at radius 3 is 2.70 bits per heavy atom. The van der Waals surface area contributed by atoms with Crippen molar-refractivity contribution in [3.8, 4) is 11.1 Å². The summed E-state index contributed by atoms with van der Waals surface area (Å²) in [4.78, 5) is 2.49. The van der Waals surface area contributed by atoms with Gasteiger partial charge >= 0.3 is 0 Å². The normalized spacial score (nSPS) is 18.9. The molecule has 0 amide bonds. The van der Waals surface area contributed by atoms with Crippen LogP contribution in [0.25, 0.3) is 11.1 Å². The molecule has 1 heterocycles. The highest BCUT2D eigenvalue weighted by Crippen LogP contribution is 2.25. The summed E-state index contributed by atoms with van der Waals surface area (Å²) in [6.07, 6.45) is 1.25. The Morgan fingerprint density at radius 1 is 1.09 bits per heavy atom. The Bertz CT molecular complexity index is 600. The fourth-order valence-corrected chi connectivity index (χ4v) is 3.15. The summed E-state index contributed by atoms with van der Waals surface area (Å²) in [5.41, 5.74) is 3.99. The molecule has 0 spiro atoms. The van der Waals surface area contributed by atoms with Gasteiger partial charge in [0, 0.05) is 33.4 Å². The Morgan fingerprint density at radius 2 is 1.87 bits per heavy atom. The molecule has 23 heavy (non-hydrogen) atoms. The van der Waals surface area contributed by atoms with Gasteiger partial charge in [-0.2, -0.15) is 0 Å².